The summed E-state index contributed by atoms with van der Waals surface area (Å²) < 4.78 is 10.7. The Bertz CT molecular complexity index is 695. The van der Waals surface area contributed by atoms with Crippen LogP contribution >= 0.6 is 11.6 Å². The Hall–Kier alpha value is -1.82. The Morgan fingerprint density at radius 2 is 2.12 bits per heavy atom. The first kappa shape index (κ1) is 17.0. The Morgan fingerprint density at radius 3 is 2.79 bits per heavy atom. The molecule has 1 aliphatic heterocycles. The molecular formula is C18H21ClN2O3. The zero-order chi connectivity index (χ0) is 16.9. The van der Waals surface area contributed by atoms with Crippen LogP contribution in [0.4, 0.5) is 0 Å². The van der Waals surface area contributed by atoms with Gasteiger partial charge in [-0.25, -0.2) is 0 Å². The minimum Gasteiger partial charge on any atom is -0.459 e. The molecule has 6 heteroatoms. The molecule has 2 aromatic rings. The van der Waals surface area contributed by atoms with Crippen LogP contribution < -0.4 is 5.32 Å². The van der Waals surface area contributed by atoms with Crippen molar-refractivity contribution in [3.05, 3.63) is 58.5 Å². The molecule has 1 aromatic heterocycles. The average Bonchev–Trinajstić information content (AvgIpc) is 3.02. The van der Waals surface area contributed by atoms with Crippen LogP contribution in [0, 0.1) is 6.92 Å². The van der Waals surface area contributed by atoms with Crippen LogP contribution in [0.5, 0.6) is 0 Å². The van der Waals surface area contributed by atoms with Gasteiger partial charge in [0, 0.05) is 30.2 Å². The number of amides is 1. The van der Waals surface area contributed by atoms with Crippen LogP contribution in [0.1, 0.15) is 27.7 Å². The van der Waals surface area contributed by atoms with E-state index in [-0.39, 0.29) is 11.9 Å². The molecule has 3 rings (SSSR count). The number of nitrogens with one attached hydrogen (secondary N) is 1. The quantitative estimate of drug-likeness (QED) is 0.902. The Morgan fingerprint density at radius 1 is 1.33 bits per heavy atom. The van der Waals surface area contributed by atoms with Gasteiger partial charge in [-0.15, -0.1) is 0 Å². The van der Waals surface area contributed by atoms with Gasteiger partial charge in [0.15, 0.2) is 5.76 Å². The summed E-state index contributed by atoms with van der Waals surface area (Å²) in [5.74, 6) is 0.166. The fourth-order valence-corrected chi connectivity index (χ4v) is 3.13. The van der Waals surface area contributed by atoms with Crippen LogP contribution in [-0.2, 0) is 4.74 Å². The van der Waals surface area contributed by atoms with E-state index in [1.165, 1.54) is 6.26 Å². The van der Waals surface area contributed by atoms with Crippen LogP contribution in [0.15, 0.2) is 41.0 Å². The van der Waals surface area contributed by atoms with E-state index in [4.69, 9.17) is 20.8 Å². The van der Waals surface area contributed by atoms with Crippen molar-refractivity contribution in [1.82, 2.24) is 10.2 Å². The molecule has 1 aliphatic rings. The van der Waals surface area contributed by atoms with Gasteiger partial charge < -0.3 is 14.5 Å². The van der Waals surface area contributed by atoms with E-state index >= 15 is 0 Å². The second kappa shape index (κ2) is 7.83. The lowest BCUT2D eigenvalue weighted by Gasteiger charge is -2.35. The van der Waals surface area contributed by atoms with Gasteiger partial charge in [0.25, 0.3) is 5.91 Å². The Kier molecular flexibility index (Phi) is 5.56. The zero-order valence-corrected chi connectivity index (χ0v) is 14.4. The first-order valence-corrected chi connectivity index (χ1v) is 8.42. The highest BCUT2D eigenvalue weighted by Gasteiger charge is 2.24. The molecule has 1 saturated heterocycles. The third-order valence-corrected chi connectivity index (χ3v) is 4.48. The fourth-order valence-electron chi connectivity index (χ4n) is 2.94. The molecule has 1 fully saturated rings. The molecule has 1 aromatic carbocycles. The van der Waals surface area contributed by atoms with E-state index < -0.39 is 0 Å². The maximum Gasteiger partial charge on any atom is 0.287 e. The number of carbonyl (C=O) groups is 1. The van der Waals surface area contributed by atoms with Gasteiger partial charge in [0.2, 0.25) is 0 Å². The Balaban J connectivity index is 1.74. The lowest BCUT2D eigenvalue weighted by molar-refractivity contribution is 0.0161. The van der Waals surface area contributed by atoms with Gasteiger partial charge in [0.1, 0.15) is 0 Å². The van der Waals surface area contributed by atoms with Gasteiger partial charge in [-0.3, -0.25) is 9.69 Å². The normalized spacial score (nSPS) is 16.8. The summed E-state index contributed by atoms with van der Waals surface area (Å²) in [6, 6.07) is 9.61. The second-order valence-electron chi connectivity index (χ2n) is 5.86. The monoisotopic (exact) mass is 348 g/mol. The summed E-state index contributed by atoms with van der Waals surface area (Å²) in [4.78, 5) is 14.6. The number of halogens is 1. The van der Waals surface area contributed by atoms with Gasteiger partial charge in [-0.2, -0.15) is 0 Å². The van der Waals surface area contributed by atoms with Crippen molar-refractivity contribution in [3.63, 3.8) is 0 Å². The van der Waals surface area contributed by atoms with Crippen molar-refractivity contribution in [2.75, 3.05) is 32.8 Å². The van der Waals surface area contributed by atoms with Crippen LogP contribution in [0.25, 0.3) is 0 Å². The SMILES string of the molecule is Cc1ccoc1C(=O)NCC(c1cccc(Cl)c1)N1CCOCC1. The molecule has 0 spiro atoms. The predicted molar refractivity (Wildman–Crippen MR) is 92.4 cm³/mol. The number of morpholine rings is 1. The molecule has 1 atom stereocenters. The topological polar surface area (TPSA) is 54.7 Å². The highest BCUT2D eigenvalue weighted by molar-refractivity contribution is 6.30. The van der Waals surface area contributed by atoms with Gasteiger partial charge in [0.05, 0.1) is 25.5 Å². The first-order valence-electron chi connectivity index (χ1n) is 8.04. The molecule has 0 radical (unpaired) electrons. The first-order chi connectivity index (χ1) is 11.6. The van der Waals surface area contributed by atoms with Crippen molar-refractivity contribution in [2.24, 2.45) is 0 Å². The summed E-state index contributed by atoms with van der Waals surface area (Å²) >= 11 is 6.15. The maximum atomic E-state index is 12.3. The number of hydrogen-bond donors (Lipinski definition) is 1. The lowest BCUT2D eigenvalue weighted by atomic mass is 10.0. The molecule has 5 nitrogen and oxygen atoms in total. The van der Waals surface area contributed by atoms with E-state index in [1.54, 1.807) is 6.07 Å². The molecule has 24 heavy (non-hydrogen) atoms. The summed E-state index contributed by atoms with van der Waals surface area (Å²) in [6.07, 6.45) is 1.53. The summed E-state index contributed by atoms with van der Waals surface area (Å²) in [5, 5.41) is 3.68. The molecule has 128 valence electrons. The Labute approximate surface area is 146 Å². The number of benzene rings is 1. The zero-order valence-electron chi connectivity index (χ0n) is 13.6. The smallest absolute Gasteiger partial charge is 0.287 e. The summed E-state index contributed by atoms with van der Waals surface area (Å²) in [5.41, 5.74) is 1.92. The molecule has 1 unspecified atom stereocenters. The van der Waals surface area contributed by atoms with E-state index in [1.807, 2.05) is 31.2 Å². The average molecular weight is 349 g/mol. The standard InChI is InChI=1S/C18H21ClN2O3/c1-13-5-8-24-17(13)18(22)20-12-16(21-6-9-23-10-7-21)14-3-2-4-15(19)11-14/h2-5,8,11,16H,6-7,9-10,12H2,1H3,(H,20,22). The van der Waals surface area contributed by atoms with E-state index in [0.717, 1.165) is 24.2 Å². The second-order valence-corrected chi connectivity index (χ2v) is 6.30. The number of aryl methyl sites for hydroxylation is 1. The van der Waals surface area contributed by atoms with Crippen molar-refractivity contribution in [3.8, 4) is 0 Å². The molecular weight excluding hydrogens is 328 g/mol. The third kappa shape index (κ3) is 3.98. The summed E-state index contributed by atoms with van der Waals surface area (Å²) in [6.45, 7) is 5.39. The highest BCUT2D eigenvalue weighted by Crippen LogP contribution is 2.24. The number of rotatable bonds is 5. The number of ether oxygens (including phenoxy) is 1. The minimum atomic E-state index is -0.196. The van der Waals surface area contributed by atoms with Crippen LogP contribution in [0.3, 0.4) is 0 Å². The molecule has 0 aliphatic carbocycles. The number of hydrogen-bond acceptors (Lipinski definition) is 4. The molecule has 1 amide bonds. The maximum absolute atomic E-state index is 12.3. The van der Waals surface area contributed by atoms with Crippen molar-refractivity contribution < 1.29 is 13.9 Å². The van der Waals surface area contributed by atoms with Crippen molar-refractivity contribution in [2.45, 2.75) is 13.0 Å². The van der Waals surface area contributed by atoms with Crippen molar-refractivity contribution >= 4 is 17.5 Å². The number of furan rings is 1. The number of nitrogens with zero attached hydrogens (tertiary/aromatic N) is 1. The van der Waals surface area contributed by atoms with E-state index in [2.05, 4.69) is 10.2 Å². The highest BCUT2D eigenvalue weighted by atomic mass is 35.5. The molecule has 2 heterocycles. The molecule has 0 saturated carbocycles. The minimum absolute atomic E-state index is 0.0480. The third-order valence-electron chi connectivity index (χ3n) is 4.24. The molecule has 0 bridgehead atoms. The van der Waals surface area contributed by atoms with Crippen LogP contribution in [-0.4, -0.2) is 43.7 Å². The summed E-state index contributed by atoms with van der Waals surface area (Å²) in [7, 11) is 0. The van der Waals surface area contributed by atoms with E-state index in [0.29, 0.717) is 30.5 Å². The van der Waals surface area contributed by atoms with Gasteiger partial charge in [-0.05, 0) is 30.7 Å². The van der Waals surface area contributed by atoms with E-state index in [9.17, 15) is 4.79 Å². The van der Waals surface area contributed by atoms with Crippen molar-refractivity contribution in [1.29, 1.82) is 0 Å². The van der Waals surface area contributed by atoms with Crippen LogP contribution in [0.2, 0.25) is 5.02 Å². The fraction of sp³-hybridized carbons (Fsp3) is 0.389. The largest absolute Gasteiger partial charge is 0.459 e. The lowest BCUT2D eigenvalue weighted by Crippen LogP contribution is -2.43. The number of carbonyl (C=O) groups excluding carboxylic acids is 1. The van der Waals surface area contributed by atoms with Gasteiger partial charge in [-0.1, -0.05) is 23.7 Å². The predicted octanol–water partition coefficient (Wildman–Crippen LogP) is 3.04. The van der Waals surface area contributed by atoms with Gasteiger partial charge >= 0.3 is 0 Å². The molecule has 1 N–H and O–H groups in total.